The van der Waals surface area contributed by atoms with Gasteiger partial charge in [-0.2, -0.15) is 4.90 Å². The van der Waals surface area contributed by atoms with Crippen LogP contribution >= 0.6 is 0 Å². The minimum atomic E-state index is -1.29. The van der Waals surface area contributed by atoms with Gasteiger partial charge in [-0.3, -0.25) is 14.4 Å². The fraction of sp³-hybridized carbons (Fsp3) is 0.714. The first-order chi connectivity index (χ1) is 9.32. The van der Waals surface area contributed by atoms with Gasteiger partial charge in [-0.05, 0) is 41.5 Å². The Morgan fingerprint density at radius 3 is 1.90 bits per heavy atom. The predicted octanol–water partition coefficient (Wildman–Crippen LogP) is 1.64. The van der Waals surface area contributed by atoms with Gasteiger partial charge in [-0.15, -0.1) is 0 Å². The molecule has 0 N–H and O–H groups in total. The molecule has 118 valence electrons. The smallest absolute Gasteiger partial charge is 0.424 e. The number of likely N-dealkylation sites (tertiary alicyclic amines) is 1. The number of esters is 1. The molecule has 0 spiro atoms. The molecule has 1 atom stereocenters. The fourth-order valence-corrected chi connectivity index (χ4v) is 1.69. The summed E-state index contributed by atoms with van der Waals surface area (Å²) in [4.78, 5) is 48.0. The van der Waals surface area contributed by atoms with E-state index in [-0.39, 0.29) is 6.42 Å². The molecule has 1 saturated heterocycles. The number of amides is 3. The first-order valence-electron chi connectivity index (χ1n) is 6.64. The molecule has 1 rings (SSSR count). The van der Waals surface area contributed by atoms with Crippen molar-refractivity contribution >= 4 is 23.9 Å². The Morgan fingerprint density at radius 1 is 1.00 bits per heavy atom. The number of carbonyl (C=O) groups is 4. The maximum atomic E-state index is 12.1. The summed E-state index contributed by atoms with van der Waals surface area (Å²) in [6, 6.07) is 0. The highest BCUT2D eigenvalue weighted by Gasteiger charge is 2.49. The largest absolute Gasteiger partial charge is 0.459 e. The number of rotatable bonds is 1. The zero-order valence-corrected chi connectivity index (χ0v) is 13.2. The summed E-state index contributed by atoms with van der Waals surface area (Å²) in [7, 11) is 0. The van der Waals surface area contributed by atoms with E-state index in [0.717, 1.165) is 0 Å². The second-order valence-electron chi connectivity index (χ2n) is 6.84. The SMILES string of the molecule is CC(C)(C)OC(=O)C1CC(=O)N(C(=O)OC(C)(C)C)C1=O. The van der Waals surface area contributed by atoms with E-state index in [2.05, 4.69) is 0 Å². The summed E-state index contributed by atoms with van der Waals surface area (Å²) in [5.41, 5.74) is -1.62. The number of ether oxygens (including phenoxy) is 2. The predicted molar refractivity (Wildman–Crippen MR) is 72.0 cm³/mol. The highest BCUT2D eigenvalue weighted by Crippen LogP contribution is 2.25. The topological polar surface area (TPSA) is 90.0 Å². The lowest BCUT2D eigenvalue weighted by Gasteiger charge is -2.23. The molecule has 1 unspecified atom stereocenters. The molecule has 1 fully saturated rings. The van der Waals surface area contributed by atoms with Gasteiger partial charge in [0.1, 0.15) is 17.1 Å². The van der Waals surface area contributed by atoms with Crippen LogP contribution in [-0.4, -0.2) is 40.0 Å². The summed E-state index contributed by atoms with van der Waals surface area (Å²) in [5.74, 6) is -3.76. The molecule has 1 aliphatic heterocycles. The summed E-state index contributed by atoms with van der Waals surface area (Å²) in [5, 5.41) is 0. The molecule has 1 aliphatic rings. The van der Waals surface area contributed by atoms with Gasteiger partial charge in [0.15, 0.2) is 0 Å². The van der Waals surface area contributed by atoms with E-state index in [9.17, 15) is 19.2 Å². The number of nitrogens with zero attached hydrogens (tertiary/aromatic N) is 1. The minimum Gasteiger partial charge on any atom is -0.459 e. The highest BCUT2D eigenvalue weighted by atomic mass is 16.6. The van der Waals surface area contributed by atoms with E-state index in [4.69, 9.17) is 9.47 Å². The standard InChI is InChI=1S/C14H21NO6/c1-13(2,3)20-11(18)8-7-9(16)15(10(8)17)12(19)21-14(4,5)6/h8H,7H2,1-6H3. The van der Waals surface area contributed by atoms with E-state index in [0.29, 0.717) is 4.90 Å². The van der Waals surface area contributed by atoms with E-state index < -0.39 is 41.0 Å². The molecule has 0 bridgehead atoms. The van der Waals surface area contributed by atoms with E-state index >= 15 is 0 Å². The Morgan fingerprint density at radius 2 is 1.48 bits per heavy atom. The highest BCUT2D eigenvalue weighted by molar-refractivity contribution is 6.20. The van der Waals surface area contributed by atoms with Crippen LogP contribution in [0.25, 0.3) is 0 Å². The van der Waals surface area contributed by atoms with E-state index in [1.54, 1.807) is 41.5 Å². The molecule has 7 heteroatoms. The average Bonchev–Trinajstić information content (AvgIpc) is 2.48. The van der Waals surface area contributed by atoms with Crippen LogP contribution in [0.3, 0.4) is 0 Å². The van der Waals surface area contributed by atoms with Gasteiger partial charge in [0.25, 0.3) is 5.91 Å². The molecular weight excluding hydrogens is 278 g/mol. The van der Waals surface area contributed by atoms with Crippen molar-refractivity contribution in [3.05, 3.63) is 0 Å². The second kappa shape index (κ2) is 5.46. The van der Waals surface area contributed by atoms with Crippen molar-refractivity contribution in [3.63, 3.8) is 0 Å². The molecule has 21 heavy (non-hydrogen) atoms. The Hall–Kier alpha value is -1.92. The fourth-order valence-electron chi connectivity index (χ4n) is 1.69. The maximum Gasteiger partial charge on any atom is 0.424 e. The van der Waals surface area contributed by atoms with Gasteiger partial charge in [0, 0.05) is 0 Å². The van der Waals surface area contributed by atoms with Crippen molar-refractivity contribution in [2.75, 3.05) is 0 Å². The van der Waals surface area contributed by atoms with Crippen molar-refractivity contribution in [2.24, 2.45) is 5.92 Å². The molecule has 1 heterocycles. The number of carbonyl (C=O) groups excluding carboxylic acids is 4. The molecule has 7 nitrogen and oxygen atoms in total. The quantitative estimate of drug-likeness (QED) is 0.415. The molecule has 0 saturated carbocycles. The monoisotopic (exact) mass is 299 g/mol. The summed E-state index contributed by atoms with van der Waals surface area (Å²) in [6.07, 6.45) is -1.45. The van der Waals surface area contributed by atoms with Gasteiger partial charge in [0.05, 0.1) is 6.42 Å². The average molecular weight is 299 g/mol. The number of imide groups is 3. The first kappa shape index (κ1) is 17.1. The third-order valence-electron chi connectivity index (χ3n) is 2.41. The molecule has 0 aliphatic carbocycles. The van der Waals surface area contributed by atoms with E-state index in [1.165, 1.54) is 0 Å². The first-order valence-corrected chi connectivity index (χ1v) is 6.64. The van der Waals surface area contributed by atoms with Gasteiger partial charge in [0.2, 0.25) is 5.91 Å². The minimum absolute atomic E-state index is 0.375. The Kier molecular flexibility index (Phi) is 4.45. The summed E-state index contributed by atoms with van der Waals surface area (Å²) < 4.78 is 10.1. The van der Waals surface area contributed by atoms with Crippen LogP contribution in [0.4, 0.5) is 4.79 Å². The summed E-state index contributed by atoms with van der Waals surface area (Å²) in [6.45, 7) is 9.79. The van der Waals surface area contributed by atoms with Crippen LogP contribution < -0.4 is 0 Å². The lowest BCUT2D eigenvalue weighted by molar-refractivity contribution is -0.162. The van der Waals surface area contributed by atoms with Crippen LogP contribution in [0.15, 0.2) is 0 Å². The Labute approximate surface area is 123 Å². The Balaban J connectivity index is 2.85. The second-order valence-corrected chi connectivity index (χ2v) is 6.84. The Bertz CT molecular complexity index is 483. The van der Waals surface area contributed by atoms with Crippen LogP contribution in [-0.2, 0) is 23.9 Å². The third-order valence-corrected chi connectivity index (χ3v) is 2.41. The van der Waals surface area contributed by atoms with Crippen molar-refractivity contribution < 1.29 is 28.7 Å². The van der Waals surface area contributed by atoms with E-state index in [1.807, 2.05) is 0 Å². The van der Waals surface area contributed by atoms with Gasteiger partial charge in [-0.1, -0.05) is 0 Å². The molecule has 0 aromatic rings. The lowest BCUT2D eigenvalue weighted by atomic mass is 10.1. The molecule has 0 aromatic carbocycles. The number of hydrogen-bond acceptors (Lipinski definition) is 6. The zero-order chi connectivity index (χ0) is 16.6. The van der Waals surface area contributed by atoms with Crippen molar-refractivity contribution in [1.82, 2.24) is 4.90 Å². The zero-order valence-electron chi connectivity index (χ0n) is 13.2. The van der Waals surface area contributed by atoms with Crippen LogP contribution in [0.1, 0.15) is 48.0 Å². The maximum absolute atomic E-state index is 12.1. The van der Waals surface area contributed by atoms with Crippen molar-refractivity contribution in [3.8, 4) is 0 Å². The third kappa shape index (κ3) is 4.54. The van der Waals surface area contributed by atoms with Gasteiger partial charge in [-0.25, -0.2) is 4.79 Å². The van der Waals surface area contributed by atoms with Gasteiger partial charge < -0.3 is 9.47 Å². The van der Waals surface area contributed by atoms with Crippen molar-refractivity contribution in [2.45, 2.75) is 59.2 Å². The molecular formula is C14H21NO6. The van der Waals surface area contributed by atoms with Crippen LogP contribution in [0.5, 0.6) is 0 Å². The molecule has 0 radical (unpaired) electrons. The van der Waals surface area contributed by atoms with Crippen molar-refractivity contribution in [1.29, 1.82) is 0 Å². The summed E-state index contributed by atoms with van der Waals surface area (Å²) >= 11 is 0. The number of hydrogen-bond donors (Lipinski definition) is 0. The lowest BCUT2D eigenvalue weighted by Crippen LogP contribution is -2.42. The normalized spacial score (nSPS) is 19.7. The van der Waals surface area contributed by atoms with Crippen LogP contribution in [0, 0.1) is 5.92 Å². The molecule has 3 amide bonds. The van der Waals surface area contributed by atoms with Crippen LogP contribution in [0.2, 0.25) is 0 Å². The van der Waals surface area contributed by atoms with Gasteiger partial charge >= 0.3 is 12.1 Å². The molecule has 0 aromatic heterocycles.